The van der Waals surface area contributed by atoms with Crippen LogP contribution in [-0.4, -0.2) is 37.2 Å². The van der Waals surface area contributed by atoms with Gasteiger partial charge in [0.1, 0.15) is 5.75 Å². The lowest BCUT2D eigenvalue weighted by atomic mass is 10.1. The Morgan fingerprint density at radius 3 is 2.50 bits per heavy atom. The highest BCUT2D eigenvalue weighted by molar-refractivity contribution is 5.79. The van der Waals surface area contributed by atoms with Crippen LogP contribution in [0.5, 0.6) is 5.75 Å². The Labute approximate surface area is 221 Å². The fourth-order valence-electron chi connectivity index (χ4n) is 4.87. The van der Waals surface area contributed by atoms with Gasteiger partial charge in [-0.1, -0.05) is 61.0 Å². The third kappa shape index (κ3) is 5.65. The minimum Gasteiger partial charge on any atom is -0.497 e. The monoisotopic (exact) mass is 508 g/mol. The van der Waals surface area contributed by atoms with Gasteiger partial charge in [-0.2, -0.15) is 0 Å². The van der Waals surface area contributed by atoms with Gasteiger partial charge in [0, 0.05) is 24.2 Å². The highest BCUT2D eigenvalue weighted by atomic mass is 16.5. The fraction of sp³-hybridized carbons (Fsp3) is 0.267. The highest BCUT2D eigenvalue weighted by Crippen LogP contribution is 2.27. The van der Waals surface area contributed by atoms with Crippen LogP contribution in [0.3, 0.4) is 0 Å². The first kappa shape index (κ1) is 25.4. The maximum absolute atomic E-state index is 13.2. The molecule has 0 fully saturated rings. The molecule has 0 amide bonds. The number of pyridine rings is 1. The van der Waals surface area contributed by atoms with E-state index in [1.165, 1.54) is 0 Å². The molecule has 1 N–H and O–H groups in total. The molecule has 0 aliphatic carbocycles. The summed E-state index contributed by atoms with van der Waals surface area (Å²) in [5, 5.41) is 13.8. The molecule has 194 valence electrons. The number of hydrogen-bond donors (Lipinski definition) is 1. The van der Waals surface area contributed by atoms with Gasteiger partial charge in [-0.15, -0.1) is 5.10 Å². The number of nitrogens with one attached hydrogen (secondary N) is 1. The number of aromatic amines is 1. The number of H-pyrrole nitrogens is 1. The molecule has 8 nitrogen and oxygen atoms in total. The summed E-state index contributed by atoms with van der Waals surface area (Å²) in [6.45, 7) is 5.82. The second kappa shape index (κ2) is 11.4. The molecule has 0 saturated heterocycles. The number of fused-ring (bicyclic) bond motifs is 1. The lowest BCUT2D eigenvalue weighted by Crippen LogP contribution is -2.32. The van der Waals surface area contributed by atoms with E-state index in [1.54, 1.807) is 7.11 Å². The number of nitrogens with zero attached hydrogens (tertiary/aromatic N) is 5. The van der Waals surface area contributed by atoms with Gasteiger partial charge in [0.25, 0.3) is 5.56 Å². The van der Waals surface area contributed by atoms with Gasteiger partial charge in [-0.25, -0.2) is 4.68 Å². The van der Waals surface area contributed by atoms with Crippen LogP contribution in [0.4, 0.5) is 0 Å². The second-order valence-corrected chi connectivity index (χ2v) is 9.57. The van der Waals surface area contributed by atoms with Crippen LogP contribution in [0, 0.1) is 6.92 Å². The van der Waals surface area contributed by atoms with E-state index in [4.69, 9.17) is 4.74 Å². The molecule has 0 aliphatic heterocycles. The SMILES string of the molecule is CC[C@H](c1nnnn1Cc1ccccc1)N(Cc1ccc(OC)cc1)Cc1cc2cc(C)ccc2[nH]c1=O. The maximum Gasteiger partial charge on any atom is 0.252 e. The van der Waals surface area contributed by atoms with Crippen LogP contribution in [0.25, 0.3) is 10.9 Å². The zero-order valence-corrected chi connectivity index (χ0v) is 22.0. The van der Waals surface area contributed by atoms with Gasteiger partial charge in [-0.05, 0) is 70.6 Å². The number of ether oxygens (including phenoxy) is 1. The number of tetrazole rings is 1. The first-order valence-corrected chi connectivity index (χ1v) is 12.8. The van der Waals surface area contributed by atoms with E-state index in [0.29, 0.717) is 25.2 Å². The Morgan fingerprint density at radius 1 is 0.974 bits per heavy atom. The van der Waals surface area contributed by atoms with Crippen molar-refractivity contribution in [2.24, 2.45) is 0 Å². The van der Waals surface area contributed by atoms with Crippen molar-refractivity contribution in [3.63, 3.8) is 0 Å². The van der Waals surface area contributed by atoms with Crippen LogP contribution in [0.15, 0.2) is 83.7 Å². The Morgan fingerprint density at radius 2 is 1.76 bits per heavy atom. The van der Waals surface area contributed by atoms with Gasteiger partial charge >= 0.3 is 0 Å². The maximum atomic E-state index is 13.2. The van der Waals surface area contributed by atoms with E-state index in [0.717, 1.165) is 45.6 Å². The van der Waals surface area contributed by atoms with Gasteiger partial charge in [0.2, 0.25) is 0 Å². The average Bonchev–Trinajstić information content (AvgIpc) is 3.38. The minimum atomic E-state index is -0.108. The van der Waals surface area contributed by atoms with Crippen LogP contribution in [0.1, 0.15) is 47.5 Å². The van der Waals surface area contributed by atoms with Crippen LogP contribution < -0.4 is 10.3 Å². The van der Waals surface area contributed by atoms with Crippen molar-refractivity contribution in [1.29, 1.82) is 0 Å². The minimum absolute atomic E-state index is 0.0835. The Kier molecular flexibility index (Phi) is 7.60. The molecular formula is C30H32N6O2. The first-order chi connectivity index (χ1) is 18.5. The Balaban J connectivity index is 1.52. The summed E-state index contributed by atoms with van der Waals surface area (Å²) < 4.78 is 7.21. The highest BCUT2D eigenvalue weighted by Gasteiger charge is 2.26. The molecule has 8 heteroatoms. The molecule has 38 heavy (non-hydrogen) atoms. The number of aryl methyl sites for hydroxylation is 1. The van der Waals surface area contributed by atoms with Crippen molar-refractivity contribution in [2.75, 3.05) is 7.11 Å². The Bertz CT molecular complexity index is 1560. The van der Waals surface area contributed by atoms with Crippen molar-refractivity contribution in [3.05, 3.63) is 117 Å². The van der Waals surface area contributed by atoms with Gasteiger partial charge < -0.3 is 9.72 Å². The summed E-state index contributed by atoms with van der Waals surface area (Å²) >= 11 is 0. The second-order valence-electron chi connectivity index (χ2n) is 9.57. The third-order valence-corrected chi connectivity index (χ3v) is 6.86. The van der Waals surface area contributed by atoms with Crippen molar-refractivity contribution >= 4 is 10.9 Å². The van der Waals surface area contributed by atoms with Gasteiger partial charge in [-0.3, -0.25) is 9.69 Å². The van der Waals surface area contributed by atoms with Crippen molar-refractivity contribution in [2.45, 2.75) is 45.9 Å². The van der Waals surface area contributed by atoms with Gasteiger partial charge in [0.05, 0.1) is 19.7 Å². The smallest absolute Gasteiger partial charge is 0.252 e. The normalized spacial score (nSPS) is 12.2. The number of rotatable bonds is 10. The molecule has 0 spiro atoms. The van der Waals surface area contributed by atoms with E-state index in [9.17, 15) is 4.79 Å². The largest absolute Gasteiger partial charge is 0.497 e. The number of methoxy groups -OCH3 is 1. The first-order valence-electron chi connectivity index (χ1n) is 12.8. The molecule has 0 radical (unpaired) electrons. The standard InChI is InChI=1S/C30H32N6O2/c1-4-28(29-32-33-34-36(29)19-22-8-6-5-7-9-22)35(18-23-11-13-26(38-3)14-12-23)20-25-17-24-16-21(2)10-15-27(24)31-30(25)37/h5-17,28H,4,18-20H2,1-3H3,(H,31,37)/t28-/m1/s1. The third-order valence-electron chi connectivity index (χ3n) is 6.86. The van der Waals surface area contributed by atoms with E-state index in [1.807, 2.05) is 53.2 Å². The van der Waals surface area contributed by atoms with Crippen molar-refractivity contribution < 1.29 is 4.74 Å². The van der Waals surface area contributed by atoms with Crippen molar-refractivity contribution in [3.8, 4) is 5.75 Å². The lowest BCUT2D eigenvalue weighted by Gasteiger charge is -2.30. The molecule has 2 heterocycles. The molecule has 5 aromatic rings. The van der Waals surface area contributed by atoms with E-state index < -0.39 is 0 Å². The summed E-state index contributed by atoms with van der Waals surface area (Å²) in [5.74, 6) is 1.58. The molecule has 3 aromatic carbocycles. The molecule has 0 bridgehead atoms. The van der Waals surface area contributed by atoms with E-state index >= 15 is 0 Å². The number of aromatic nitrogens is 5. The number of hydrogen-bond acceptors (Lipinski definition) is 6. The van der Waals surface area contributed by atoms with E-state index in [2.05, 4.69) is 69.6 Å². The fourth-order valence-corrected chi connectivity index (χ4v) is 4.87. The number of benzene rings is 3. The topological polar surface area (TPSA) is 88.9 Å². The molecule has 0 unspecified atom stereocenters. The predicted octanol–water partition coefficient (Wildman–Crippen LogP) is 5.03. The predicted molar refractivity (Wildman–Crippen MR) is 148 cm³/mol. The molecule has 5 rings (SSSR count). The van der Waals surface area contributed by atoms with Gasteiger partial charge in [0.15, 0.2) is 5.82 Å². The zero-order valence-electron chi connectivity index (χ0n) is 22.0. The molecule has 0 saturated carbocycles. The molecule has 0 aliphatic rings. The lowest BCUT2D eigenvalue weighted by molar-refractivity contribution is 0.161. The van der Waals surface area contributed by atoms with E-state index in [-0.39, 0.29) is 11.6 Å². The molecule has 2 aromatic heterocycles. The molecular weight excluding hydrogens is 476 g/mol. The molecule has 1 atom stereocenters. The Hall–Kier alpha value is -4.30. The summed E-state index contributed by atoms with van der Waals surface area (Å²) in [4.78, 5) is 18.5. The zero-order chi connectivity index (χ0) is 26.5. The van der Waals surface area contributed by atoms with Crippen molar-refractivity contribution in [1.82, 2.24) is 30.1 Å². The van der Waals surface area contributed by atoms with Crippen LogP contribution >= 0.6 is 0 Å². The van der Waals surface area contributed by atoms with Crippen LogP contribution in [-0.2, 0) is 19.6 Å². The summed E-state index contributed by atoms with van der Waals surface area (Å²) in [7, 11) is 1.66. The van der Waals surface area contributed by atoms with Crippen LogP contribution in [0.2, 0.25) is 0 Å². The average molecular weight is 509 g/mol. The summed E-state index contributed by atoms with van der Waals surface area (Å²) in [6.07, 6.45) is 0.774. The summed E-state index contributed by atoms with van der Waals surface area (Å²) in [6, 6.07) is 26.1. The quantitative estimate of drug-likeness (QED) is 0.285. The summed E-state index contributed by atoms with van der Waals surface area (Å²) in [5.41, 5.74) is 4.84.